The predicted octanol–water partition coefficient (Wildman–Crippen LogP) is 2.52. The third-order valence-electron chi connectivity index (χ3n) is 3.41. The predicted molar refractivity (Wildman–Crippen MR) is 73.3 cm³/mol. The standard InChI is InChI=1S/C15H19FN2O2/c1-4-15(2,8-14(19)20-3)18-10-11-5-6-13(16)12(7-11)9-17/h5-7,18H,4,8,10H2,1-3H3. The van der Waals surface area contributed by atoms with E-state index in [1.54, 1.807) is 6.07 Å². The first-order chi connectivity index (χ1) is 9.44. The summed E-state index contributed by atoms with van der Waals surface area (Å²) < 4.78 is 17.9. The number of halogens is 1. The Hall–Kier alpha value is -1.93. The summed E-state index contributed by atoms with van der Waals surface area (Å²) in [6.07, 6.45) is 1.00. The van der Waals surface area contributed by atoms with Crippen LogP contribution in [-0.2, 0) is 16.1 Å². The number of nitriles is 1. The van der Waals surface area contributed by atoms with Crippen molar-refractivity contribution in [3.8, 4) is 6.07 Å². The Labute approximate surface area is 118 Å². The van der Waals surface area contributed by atoms with E-state index >= 15 is 0 Å². The van der Waals surface area contributed by atoms with Crippen molar-refractivity contribution in [2.75, 3.05) is 7.11 Å². The molecule has 1 aromatic carbocycles. The molecular formula is C15H19FN2O2. The number of nitrogens with one attached hydrogen (secondary N) is 1. The molecule has 0 radical (unpaired) electrons. The van der Waals surface area contributed by atoms with Gasteiger partial charge in [-0.05, 0) is 31.0 Å². The van der Waals surface area contributed by atoms with Crippen molar-refractivity contribution in [2.45, 2.75) is 38.8 Å². The molecule has 0 heterocycles. The van der Waals surface area contributed by atoms with Gasteiger partial charge in [0.1, 0.15) is 11.9 Å². The Morgan fingerprint density at radius 1 is 1.55 bits per heavy atom. The van der Waals surface area contributed by atoms with Crippen LogP contribution in [0.15, 0.2) is 18.2 Å². The summed E-state index contributed by atoms with van der Waals surface area (Å²) >= 11 is 0. The molecule has 1 aromatic rings. The monoisotopic (exact) mass is 278 g/mol. The molecule has 1 rings (SSSR count). The molecule has 0 amide bonds. The second-order valence-corrected chi connectivity index (χ2v) is 4.95. The van der Waals surface area contributed by atoms with Crippen LogP contribution in [0.25, 0.3) is 0 Å². The largest absolute Gasteiger partial charge is 0.469 e. The van der Waals surface area contributed by atoms with Gasteiger partial charge < -0.3 is 10.1 Å². The van der Waals surface area contributed by atoms with Gasteiger partial charge in [-0.2, -0.15) is 5.26 Å². The minimum Gasteiger partial charge on any atom is -0.469 e. The van der Waals surface area contributed by atoms with E-state index in [9.17, 15) is 9.18 Å². The van der Waals surface area contributed by atoms with Gasteiger partial charge in [-0.1, -0.05) is 13.0 Å². The van der Waals surface area contributed by atoms with E-state index in [1.165, 1.54) is 19.2 Å². The Morgan fingerprint density at radius 3 is 2.80 bits per heavy atom. The summed E-state index contributed by atoms with van der Waals surface area (Å²) in [5.74, 6) is -0.803. The summed E-state index contributed by atoms with van der Waals surface area (Å²) in [4.78, 5) is 11.4. The van der Waals surface area contributed by atoms with Crippen LogP contribution in [0.4, 0.5) is 4.39 Å². The van der Waals surface area contributed by atoms with Crippen molar-refractivity contribution in [1.82, 2.24) is 5.32 Å². The van der Waals surface area contributed by atoms with E-state index in [-0.39, 0.29) is 18.0 Å². The van der Waals surface area contributed by atoms with Gasteiger partial charge in [-0.3, -0.25) is 4.79 Å². The molecule has 0 aromatic heterocycles. The van der Waals surface area contributed by atoms with Crippen molar-refractivity contribution < 1.29 is 13.9 Å². The van der Waals surface area contributed by atoms with Crippen molar-refractivity contribution in [3.05, 3.63) is 35.1 Å². The number of ether oxygens (including phenoxy) is 1. The summed E-state index contributed by atoms with van der Waals surface area (Å²) in [6, 6.07) is 6.22. The van der Waals surface area contributed by atoms with Crippen LogP contribution >= 0.6 is 0 Å². The SMILES string of the molecule is CCC(C)(CC(=O)OC)NCc1ccc(F)c(C#N)c1. The first-order valence-electron chi connectivity index (χ1n) is 6.44. The zero-order valence-electron chi connectivity index (χ0n) is 12.0. The number of methoxy groups -OCH3 is 1. The molecule has 0 aliphatic heterocycles. The molecule has 0 aliphatic carbocycles. The van der Waals surface area contributed by atoms with Gasteiger partial charge in [0.05, 0.1) is 19.1 Å². The lowest BCUT2D eigenvalue weighted by Crippen LogP contribution is -2.43. The second kappa shape index (κ2) is 7.01. The maximum Gasteiger partial charge on any atom is 0.307 e. The van der Waals surface area contributed by atoms with Crippen LogP contribution in [0, 0.1) is 17.1 Å². The quantitative estimate of drug-likeness (QED) is 0.812. The topological polar surface area (TPSA) is 62.1 Å². The molecule has 0 saturated heterocycles. The minimum absolute atomic E-state index is 0.0236. The zero-order chi connectivity index (χ0) is 15.2. The first-order valence-corrected chi connectivity index (χ1v) is 6.44. The Balaban J connectivity index is 2.74. The molecule has 0 fully saturated rings. The summed E-state index contributed by atoms with van der Waals surface area (Å²) in [5, 5.41) is 12.1. The van der Waals surface area contributed by atoms with Crippen LogP contribution in [-0.4, -0.2) is 18.6 Å². The van der Waals surface area contributed by atoms with E-state index in [0.717, 1.165) is 12.0 Å². The smallest absolute Gasteiger partial charge is 0.307 e. The maximum absolute atomic E-state index is 13.2. The molecule has 0 saturated carbocycles. The van der Waals surface area contributed by atoms with E-state index in [0.29, 0.717) is 6.54 Å². The highest BCUT2D eigenvalue weighted by Gasteiger charge is 2.25. The molecule has 1 unspecified atom stereocenters. The molecule has 20 heavy (non-hydrogen) atoms. The van der Waals surface area contributed by atoms with Gasteiger partial charge in [0.25, 0.3) is 0 Å². The molecule has 5 heteroatoms. The number of hydrogen-bond acceptors (Lipinski definition) is 4. The molecule has 1 N–H and O–H groups in total. The van der Waals surface area contributed by atoms with Crippen LogP contribution < -0.4 is 5.32 Å². The Kier molecular flexibility index (Phi) is 5.66. The lowest BCUT2D eigenvalue weighted by atomic mass is 9.94. The third-order valence-corrected chi connectivity index (χ3v) is 3.41. The fourth-order valence-corrected chi connectivity index (χ4v) is 1.79. The van der Waals surface area contributed by atoms with Gasteiger partial charge in [-0.25, -0.2) is 4.39 Å². The summed E-state index contributed by atoms with van der Waals surface area (Å²) in [6.45, 7) is 4.36. The maximum atomic E-state index is 13.2. The van der Waals surface area contributed by atoms with Crippen LogP contribution in [0.1, 0.15) is 37.8 Å². The van der Waals surface area contributed by atoms with E-state index in [4.69, 9.17) is 5.26 Å². The molecule has 1 atom stereocenters. The number of benzene rings is 1. The molecular weight excluding hydrogens is 259 g/mol. The Bertz CT molecular complexity index is 525. The zero-order valence-corrected chi connectivity index (χ0v) is 12.0. The highest BCUT2D eigenvalue weighted by Crippen LogP contribution is 2.17. The fraction of sp³-hybridized carbons (Fsp3) is 0.467. The lowest BCUT2D eigenvalue weighted by Gasteiger charge is -2.28. The first kappa shape index (κ1) is 16.1. The molecule has 4 nitrogen and oxygen atoms in total. The number of carbonyl (C=O) groups is 1. The van der Waals surface area contributed by atoms with Gasteiger partial charge in [0.2, 0.25) is 0 Å². The number of carbonyl (C=O) groups excluding carboxylic acids is 1. The number of hydrogen-bond donors (Lipinski definition) is 1. The highest BCUT2D eigenvalue weighted by molar-refractivity contribution is 5.70. The second-order valence-electron chi connectivity index (χ2n) is 4.95. The van der Waals surface area contributed by atoms with Gasteiger partial charge in [0.15, 0.2) is 0 Å². The summed E-state index contributed by atoms with van der Waals surface area (Å²) in [7, 11) is 1.36. The van der Waals surface area contributed by atoms with Crippen molar-refractivity contribution in [2.24, 2.45) is 0 Å². The van der Waals surface area contributed by atoms with Gasteiger partial charge in [0, 0.05) is 12.1 Å². The third kappa shape index (κ3) is 4.32. The van der Waals surface area contributed by atoms with E-state index in [1.807, 2.05) is 19.9 Å². The van der Waals surface area contributed by atoms with Crippen molar-refractivity contribution in [1.29, 1.82) is 5.26 Å². The minimum atomic E-state index is -0.524. The number of esters is 1. The molecule has 108 valence electrons. The molecule has 0 bridgehead atoms. The molecule has 0 aliphatic rings. The van der Waals surface area contributed by atoms with Crippen molar-refractivity contribution in [3.63, 3.8) is 0 Å². The number of rotatable bonds is 6. The average molecular weight is 278 g/mol. The normalized spacial score (nSPS) is 13.3. The average Bonchev–Trinajstić information content (AvgIpc) is 2.46. The van der Waals surface area contributed by atoms with Gasteiger partial charge >= 0.3 is 5.97 Å². The van der Waals surface area contributed by atoms with Crippen LogP contribution in [0.3, 0.4) is 0 Å². The van der Waals surface area contributed by atoms with Crippen molar-refractivity contribution >= 4 is 5.97 Å². The van der Waals surface area contributed by atoms with Crippen LogP contribution in [0.2, 0.25) is 0 Å². The lowest BCUT2D eigenvalue weighted by molar-refractivity contribution is -0.142. The Morgan fingerprint density at radius 2 is 2.25 bits per heavy atom. The fourth-order valence-electron chi connectivity index (χ4n) is 1.79. The van der Waals surface area contributed by atoms with Gasteiger partial charge in [-0.15, -0.1) is 0 Å². The highest BCUT2D eigenvalue weighted by atomic mass is 19.1. The number of nitrogens with zero attached hydrogens (tertiary/aromatic N) is 1. The molecule has 0 spiro atoms. The van der Waals surface area contributed by atoms with Crippen LogP contribution in [0.5, 0.6) is 0 Å². The van der Waals surface area contributed by atoms with E-state index in [2.05, 4.69) is 10.1 Å². The van der Waals surface area contributed by atoms with E-state index < -0.39 is 11.4 Å². The summed E-state index contributed by atoms with van der Waals surface area (Å²) in [5.41, 5.74) is 0.428.